The molecule has 5 aromatic rings. The zero-order chi connectivity index (χ0) is 23.6. The first-order valence-electron chi connectivity index (χ1n) is 12.1. The van der Waals surface area contributed by atoms with E-state index in [2.05, 4.69) is 95.8 Å². The molecular weight excluding hydrogens is 430 g/mol. The number of benzene rings is 4. The largest absolute Gasteiger partial charge is 0.334 e. The van der Waals surface area contributed by atoms with Crippen molar-refractivity contribution in [3.8, 4) is 34.0 Å². The fourth-order valence-electron chi connectivity index (χ4n) is 5.00. The molecule has 4 heteroatoms. The Bertz CT molecular complexity index is 1470. The Morgan fingerprint density at radius 1 is 0.771 bits per heavy atom. The predicted molar refractivity (Wildman–Crippen MR) is 140 cm³/mol. The van der Waals surface area contributed by atoms with Gasteiger partial charge in [0.15, 0.2) is 0 Å². The quantitative estimate of drug-likeness (QED) is 0.287. The number of nitrogens with zero attached hydrogens (tertiary/aromatic N) is 3. The van der Waals surface area contributed by atoms with Crippen LogP contribution >= 0.6 is 0 Å². The van der Waals surface area contributed by atoms with Gasteiger partial charge in [0.2, 0.25) is 5.82 Å². The summed E-state index contributed by atoms with van der Waals surface area (Å²) in [5, 5.41) is 4.32. The van der Waals surface area contributed by atoms with E-state index in [1.807, 2.05) is 18.2 Å². The van der Waals surface area contributed by atoms with Crippen LogP contribution in [0.1, 0.15) is 22.3 Å². The molecule has 4 aromatic carbocycles. The summed E-state index contributed by atoms with van der Waals surface area (Å²) in [6.45, 7) is 5.08. The van der Waals surface area contributed by atoms with E-state index in [1.54, 1.807) is 0 Å². The third-order valence-electron chi connectivity index (χ3n) is 6.88. The van der Waals surface area contributed by atoms with Crippen LogP contribution in [0.4, 0.5) is 0 Å². The molecular formula is C31H27N3O. The Labute approximate surface area is 205 Å². The van der Waals surface area contributed by atoms with E-state index in [9.17, 15) is 0 Å². The molecule has 0 radical (unpaired) electrons. The molecule has 0 N–H and O–H groups in total. The van der Waals surface area contributed by atoms with Crippen LogP contribution in [-0.2, 0) is 19.5 Å². The SMILES string of the molecule is Cc1c(-c2ccccc2)cccc1-c1nc(-c2cccc(CN3CCc4ccccc4C3)c2)no1. The van der Waals surface area contributed by atoms with Crippen molar-refractivity contribution in [2.45, 2.75) is 26.4 Å². The van der Waals surface area contributed by atoms with E-state index in [0.29, 0.717) is 11.7 Å². The number of fused-ring (bicyclic) bond motifs is 1. The summed E-state index contributed by atoms with van der Waals surface area (Å²) in [6.07, 6.45) is 1.10. The van der Waals surface area contributed by atoms with Gasteiger partial charge in [0, 0.05) is 30.8 Å². The summed E-state index contributed by atoms with van der Waals surface area (Å²) in [5.74, 6) is 1.17. The molecule has 1 aliphatic rings. The third-order valence-corrected chi connectivity index (χ3v) is 6.88. The second-order valence-corrected chi connectivity index (χ2v) is 9.20. The minimum atomic E-state index is 0.549. The first-order chi connectivity index (χ1) is 17.2. The molecule has 6 rings (SSSR count). The number of aromatic nitrogens is 2. The average molecular weight is 458 g/mol. The summed E-state index contributed by atoms with van der Waals surface area (Å²) in [4.78, 5) is 7.27. The number of hydrogen-bond acceptors (Lipinski definition) is 4. The molecule has 0 unspecified atom stereocenters. The summed E-state index contributed by atoms with van der Waals surface area (Å²) < 4.78 is 5.73. The van der Waals surface area contributed by atoms with E-state index >= 15 is 0 Å². The van der Waals surface area contributed by atoms with Crippen molar-refractivity contribution in [3.63, 3.8) is 0 Å². The van der Waals surface area contributed by atoms with Crippen LogP contribution in [-0.4, -0.2) is 21.6 Å². The number of hydrogen-bond donors (Lipinski definition) is 0. The molecule has 172 valence electrons. The first-order valence-corrected chi connectivity index (χ1v) is 12.1. The Balaban J connectivity index is 1.24. The van der Waals surface area contributed by atoms with E-state index in [-0.39, 0.29) is 0 Å². The van der Waals surface area contributed by atoms with Gasteiger partial charge in [0.25, 0.3) is 5.89 Å². The Morgan fingerprint density at radius 3 is 2.40 bits per heavy atom. The summed E-state index contributed by atoms with van der Waals surface area (Å²) in [5.41, 5.74) is 9.60. The van der Waals surface area contributed by atoms with E-state index in [4.69, 9.17) is 9.51 Å². The minimum Gasteiger partial charge on any atom is -0.334 e. The second-order valence-electron chi connectivity index (χ2n) is 9.20. The third kappa shape index (κ3) is 4.41. The van der Waals surface area contributed by atoms with Gasteiger partial charge in [-0.15, -0.1) is 0 Å². The lowest BCUT2D eigenvalue weighted by atomic mass is 9.96. The van der Waals surface area contributed by atoms with Gasteiger partial charge < -0.3 is 4.52 Å². The predicted octanol–water partition coefficient (Wildman–Crippen LogP) is 6.94. The van der Waals surface area contributed by atoms with Gasteiger partial charge in [-0.2, -0.15) is 4.98 Å². The Kier molecular flexibility index (Phi) is 5.73. The van der Waals surface area contributed by atoms with Crippen molar-refractivity contribution < 1.29 is 4.52 Å². The highest BCUT2D eigenvalue weighted by molar-refractivity contribution is 5.75. The van der Waals surface area contributed by atoms with Crippen molar-refractivity contribution in [3.05, 3.63) is 119 Å². The molecule has 1 aliphatic heterocycles. The van der Waals surface area contributed by atoms with Crippen LogP contribution in [0.5, 0.6) is 0 Å². The zero-order valence-corrected chi connectivity index (χ0v) is 19.8. The number of rotatable bonds is 5. The average Bonchev–Trinajstić information content (AvgIpc) is 3.40. The first kappa shape index (κ1) is 21.5. The molecule has 0 saturated carbocycles. The molecule has 0 saturated heterocycles. The van der Waals surface area contributed by atoms with E-state index in [1.165, 1.54) is 27.8 Å². The highest BCUT2D eigenvalue weighted by Gasteiger charge is 2.18. The molecule has 2 heterocycles. The van der Waals surface area contributed by atoms with Crippen LogP contribution in [0.3, 0.4) is 0 Å². The maximum absolute atomic E-state index is 5.73. The van der Waals surface area contributed by atoms with Crippen LogP contribution < -0.4 is 0 Å². The van der Waals surface area contributed by atoms with Gasteiger partial charge in [0.1, 0.15) is 0 Å². The minimum absolute atomic E-state index is 0.549. The summed E-state index contributed by atoms with van der Waals surface area (Å²) >= 11 is 0. The highest BCUT2D eigenvalue weighted by atomic mass is 16.5. The Hall–Kier alpha value is -4.02. The molecule has 0 aliphatic carbocycles. The van der Waals surface area contributed by atoms with Gasteiger partial charge in [-0.3, -0.25) is 4.90 Å². The van der Waals surface area contributed by atoms with Crippen LogP contribution in [0.2, 0.25) is 0 Å². The van der Waals surface area contributed by atoms with Gasteiger partial charge in [0.05, 0.1) is 0 Å². The zero-order valence-electron chi connectivity index (χ0n) is 19.8. The molecule has 1 aromatic heterocycles. The smallest absolute Gasteiger partial charge is 0.258 e. The lowest BCUT2D eigenvalue weighted by Crippen LogP contribution is -2.29. The van der Waals surface area contributed by atoms with Crippen LogP contribution in [0.15, 0.2) is 102 Å². The standard InChI is InChI=1S/C31H27N3O/c1-22-28(25-11-3-2-4-12-25)15-8-16-29(22)31-32-30(33-35-31)26-14-7-9-23(19-26)20-34-18-17-24-10-5-6-13-27(24)21-34/h2-16,19H,17-18,20-21H2,1H3. The summed E-state index contributed by atoms with van der Waals surface area (Å²) in [7, 11) is 0. The van der Waals surface area contributed by atoms with Crippen LogP contribution in [0.25, 0.3) is 34.0 Å². The maximum Gasteiger partial charge on any atom is 0.258 e. The summed E-state index contributed by atoms with van der Waals surface area (Å²) in [6, 6.07) is 33.9. The van der Waals surface area contributed by atoms with Gasteiger partial charge in [-0.25, -0.2) is 0 Å². The maximum atomic E-state index is 5.73. The van der Waals surface area contributed by atoms with Crippen molar-refractivity contribution in [2.75, 3.05) is 6.54 Å². The fourth-order valence-corrected chi connectivity index (χ4v) is 5.00. The van der Waals surface area contributed by atoms with Gasteiger partial charge in [-0.05, 0) is 58.9 Å². The van der Waals surface area contributed by atoms with Crippen LogP contribution in [0, 0.1) is 6.92 Å². The second kappa shape index (κ2) is 9.32. The van der Waals surface area contributed by atoms with Crippen molar-refractivity contribution in [1.29, 1.82) is 0 Å². The lowest BCUT2D eigenvalue weighted by Gasteiger charge is -2.28. The molecule has 4 nitrogen and oxygen atoms in total. The molecule has 0 fully saturated rings. The van der Waals surface area contributed by atoms with E-state index in [0.717, 1.165) is 42.7 Å². The van der Waals surface area contributed by atoms with Crippen molar-refractivity contribution in [1.82, 2.24) is 15.0 Å². The monoisotopic (exact) mass is 457 g/mol. The van der Waals surface area contributed by atoms with Gasteiger partial charge >= 0.3 is 0 Å². The topological polar surface area (TPSA) is 42.2 Å². The van der Waals surface area contributed by atoms with Crippen molar-refractivity contribution >= 4 is 0 Å². The lowest BCUT2D eigenvalue weighted by molar-refractivity contribution is 0.245. The molecule has 0 spiro atoms. The molecule has 0 amide bonds. The van der Waals surface area contributed by atoms with E-state index < -0.39 is 0 Å². The normalized spacial score (nSPS) is 13.5. The molecule has 0 atom stereocenters. The van der Waals surface area contributed by atoms with Gasteiger partial charge in [-0.1, -0.05) is 90.1 Å². The Morgan fingerprint density at radius 2 is 1.51 bits per heavy atom. The molecule has 0 bridgehead atoms. The highest BCUT2D eigenvalue weighted by Crippen LogP contribution is 2.32. The molecule has 35 heavy (non-hydrogen) atoms. The fraction of sp³-hybridized carbons (Fsp3) is 0.161. The van der Waals surface area contributed by atoms with Crippen molar-refractivity contribution in [2.24, 2.45) is 0 Å².